The summed E-state index contributed by atoms with van der Waals surface area (Å²) in [5.74, 6) is 0.633. The van der Waals surface area contributed by atoms with Gasteiger partial charge >= 0.3 is 0 Å². The average molecular weight is 234 g/mol. The predicted molar refractivity (Wildman–Crippen MR) is 67.5 cm³/mol. The Morgan fingerprint density at radius 2 is 2.18 bits per heavy atom. The molecule has 92 valence electrons. The number of aromatic nitrogens is 1. The van der Waals surface area contributed by atoms with E-state index in [1.54, 1.807) is 12.3 Å². The molecule has 17 heavy (non-hydrogen) atoms. The van der Waals surface area contributed by atoms with Crippen LogP contribution in [0.4, 0.5) is 11.5 Å². The molecule has 2 rings (SSSR count). The Morgan fingerprint density at radius 3 is 2.76 bits per heavy atom. The third kappa shape index (κ3) is 2.87. The first-order valence-electron chi connectivity index (χ1n) is 5.93. The summed E-state index contributed by atoms with van der Waals surface area (Å²) in [5.41, 5.74) is 6.32. The van der Waals surface area contributed by atoms with E-state index in [1.165, 1.54) is 0 Å². The lowest BCUT2D eigenvalue weighted by molar-refractivity contribution is -0.130. The first kappa shape index (κ1) is 11.7. The number of nitrogens with two attached hydrogens (primary N) is 1. The number of carbonyl (C=O) groups excluding carboxylic acids is 1. The van der Waals surface area contributed by atoms with Crippen LogP contribution in [-0.2, 0) is 4.79 Å². The zero-order valence-electron chi connectivity index (χ0n) is 10.0. The van der Waals surface area contributed by atoms with Crippen molar-refractivity contribution in [2.75, 3.05) is 24.1 Å². The van der Waals surface area contributed by atoms with Gasteiger partial charge in [-0.05, 0) is 31.9 Å². The van der Waals surface area contributed by atoms with E-state index in [2.05, 4.69) is 10.3 Å². The summed E-state index contributed by atoms with van der Waals surface area (Å²) in [6, 6.07) is 3.32. The Kier molecular flexibility index (Phi) is 3.46. The second-order valence-electron chi connectivity index (χ2n) is 4.37. The van der Waals surface area contributed by atoms with Crippen LogP contribution in [0.5, 0.6) is 0 Å². The Bertz CT molecular complexity index is 384. The van der Waals surface area contributed by atoms with E-state index in [0.29, 0.717) is 5.82 Å². The molecule has 1 unspecified atom stereocenters. The van der Waals surface area contributed by atoms with Crippen molar-refractivity contribution in [3.63, 3.8) is 0 Å². The van der Waals surface area contributed by atoms with Crippen molar-refractivity contribution in [3.05, 3.63) is 18.3 Å². The number of hydrogen-bond acceptors (Lipinski definition) is 4. The maximum atomic E-state index is 12.0. The van der Waals surface area contributed by atoms with Crippen molar-refractivity contribution >= 4 is 17.4 Å². The van der Waals surface area contributed by atoms with E-state index < -0.39 is 0 Å². The fourth-order valence-electron chi connectivity index (χ4n) is 2.01. The number of nitrogen functional groups attached to an aromatic ring is 1. The summed E-state index contributed by atoms with van der Waals surface area (Å²) < 4.78 is 0. The highest BCUT2D eigenvalue weighted by Crippen LogP contribution is 2.13. The van der Waals surface area contributed by atoms with E-state index in [1.807, 2.05) is 17.9 Å². The molecule has 5 heteroatoms. The molecule has 0 aromatic carbocycles. The molecule has 2 heterocycles. The van der Waals surface area contributed by atoms with Crippen molar-refractivity contribution in [2.45, 2.75) is 25.8 Å². The number of nitrogens with zero attached hydrogens (tertiary/aromatic N) is 2. The molecule has 1 aliphatic rings. The van der Waals surface area contributed by atoms with Crippen molar-refractivity contribution in [1.29, 1.82) is 0 Å². The van der Waals surface area contributed by atoms with Gasteiger partial charge in [0.1, 0.15) is 11.9 Å². The van der Waals surface area contributed by atoms with Gasteiger partial charge in [-0.2, -0.15) is 0 Å². The molecule has 1 fully saturated rings. The second-order valence-corrected chi connectivity index (χ2v) is 4.37. The first-order chi connectivity index (χ1) is 8.16. The molecular weight excluding hydrogens is 216 g/mol. The molecule has 0 spiro atoms. The van der Waals surface area contributed by atoms with Crippen LogP contribution in [0.25, 0.3) is 0 Å². The van der Waals surface area contributed by atoms with Gasteiger partial charge in [0.25, 0.3) is 0 Å². The molecule has 0 saturated carbocycles. The van der Waals surface area contributed by atoms with Crippen molar-refractivity contribution in [3.8, 4) is 0 Å². The predicted octanol–water partition coefficient (Wildman–Crippen LogP) is 1.09. The highest BCUT2D eigenvalue weighted by atomic mass is 16.2. The summed E-state index contributed by atoms with van der Waals surface area (Å²) in [5, 5.41) is 3.14. The zero-order chi connectivity index (χ0) is 12.3. The smallest absolute Gasteiger partial charge is 0.244 e. The molecule has 0 radical (unpaired) electrons. The molecule has 1 aromatic heterocycles. The number of carbonyl (C=O) groups is 1. The van der Waals surface area contributed by atoms with Gasteiger partial charge in [-0.15, -0.1) is 0 Å². The fraction of sp³-hybridized carbons (Fsp3) is 0.500. The van der Waals surface area contributed by atoms with E-state index in [0.717, 1.165) is 31.6 Å². The van der Waals surface area contributed by atoms with Gasteiger partial charge in [0.15, 0.2) is 0 Å². The van der Waals surface area contributed by atoms with E-state index in [4.69, 9.17) is 5.73 Å². The van der Waals surface area contributed by atoms with Crippen molar-refractivity contribution < 1.29 is 4.79 Å². The van der Waals surface area contributed by atoms with E-state index >= 15 is 0 Å². The van der Waals surface area contributed by atoms with Gasteiger partial charge < -0.3 is 16.0 Å². The summed E-state index contributed by atoms with van der Waals surface area (Å²) in [6.45, 7) is 3.63. The van der Waals surface area contributed by atoms with E-state index in [-0.39, 0.29) is 11.9 Å². The lowest BCUT2D eigenvalue weighted by atomic mass is 10.2. The molecule has 0 bridgehead atoms. The summed E-state index contributed by atoms with van der Waals surface area (Å²) in [4.78, 5) is 17.9. The third-order valence-electron chi connectivity index (χ3n) is 2.96. The highest BCUT2D eigenvalue weighted by Gasteiger charge is 2.22. The zero-order valence-corrected chi connectivity index (χ0v) is 10.0. The number of hydrogen-bond donors (Lipinski definition) is 2. The molecular formula is C12H18N4O. The molecule has 0 aliphatic carbocycles. The standard InChI is InChI=1S/C12H18N4O/c1-9(12(17)16-6-2-3-7-16)15-10-4-5-11(13)14-8-10/h4-5,8-9,15H,2-3,6-7H2,1H3,(H2,13,14). The van der Waals surface area contributed by atoms with Crippen LogP contribution in [0.15, 0.2) is 18.3 Å². The summed E-state index contributed by atoms with van der Waals surface area (Å²) in [7, 11) is 0. The fourth-order valence-corrected chi connectivity index (χ4v) is 2.01. The third-order valence-corrected chi connectivity index (χ3v) is 2.96. The lowest BCUT2D eigenvalue weighted by Gasteiger charge is -2.21. The lowest BCUT2D eigenvalue weighted by Crippen LogP contribution is -2.39. The number of likely N-dealkylation sites (tertiary alicyclic amines) is 1. The Labute approximate surface area is 101 Å². The maximum Gasteiger partial charge on any atom is 0.244 e. The van der Waals surface area contributed by atoms with Crippen LogP contribution in [0.3, 0.4) is 0 Å². The Balaban J connectivity index is 1.93. The van der Waals surface area contributed by atoms with Crippen molar-refractivity contribution in [1.82, 2.24) is 9.88 Å². The van der Waals surface area contributed by atoms with Crippen LogP contribution in [-0.4, -0.2) is 34.9 Å². The molecule has 1 aliphatic heterocycles. The molecule has 1 amide bonds. The largest absolute Gasteiger partial charge is 0.384 e. The second kappa shape index (κ2) is 5.03. The number of pyridine rings is 1. The topological polar surface area (TPSA) is 71.2 Å². The van der Waals surface area contributed by atoms with E-state index in [9.17, 15) is 4.79 Å². The SMILES string of the molecule is CC(Nc1ccc(N)nc1)C(=O)N1CCCC1. The summed E-state index contributed by atoms with van der Waals surface area (Å²) in [6.07, 6.45) is 3.87. The van der Waals surface area contributed by atoms with Crippen molar-refractivity contribution in [2.24, 2.45) is 0 Å². The number of nitrogens with one attached hydrogen (secondary N) is 1. The van der Waals surface area contributed by atoms with Crippen LogP contribution in [0, 0.1) is 0 Å². The molecule has 3 N–H and O–H groups in total. The quantitative estimate of drug-likeness (QED) is 0.821. The number of rotatable bonds is 3. The first-order valence-corrected chi connectivity index (χ1v) is 5.93. The monoisotopic (exact) mass is 234 g/mol. The molecule has 1 saturated heterocycles. The number of anilines is 2. The number of amides is 1. The Hall–Kier alpha value is -1.78. The highest BCUT2D eigenvalue weighted by molar-refractivity contribution is 5.84. The van der Waals surface area contributed by atoms with Crippen LogP contribution in [0.2, 0.25) is 0 Å². The normalized spacial score (nSPS) is 16.9. The minimum absolute atomic E-state index is 0.152. The molecule has 1 atom stereocenters. The van der Waals surface area contributed by atoms with Gasteiger partial charge in [0, 0.05) is 13.1 Å². The van der Waals surface area contributed by atoms with Gasteiger partial charge in [-0.25, -0.2) is 4.98 Å². The van der Waals surface area contributed by atoms with Crippen LogP contribution < -0.4 is 11.1 Å². The van der Waals surface area contributed by atoms with Crippen LogP contribution in [0.1, 0.15) is 19.8 Å². The van der Waals surface area contributed by atoms with Gasteiger partial charge in [-0.3, -0.25) is 4.79 Å². The minimum atomic E-state index is -0.224. The average Bonchev–Trinajstić information content (AvgIpc) is 2.84. The maximum absolute atomic E-state index is 12.0. The van der Waals surface area contributed by atoms with Gasteiger partial charge in [0.2, 0.25) is 5.91 Å². The Morgan fingerprint density at radius 1 is 1.47 bits per heavy atom. The van der Waals surface area contributed by atoms with Crippen LogP contribution >= 0.6 is 0 Å². The molecule has 5 nitrogen and oxygen atoms in total. The minimum Gasteiger partial charge on any atom is -0.384 e. The molecule has 1 aromatic rings. The van der Waals surface area contributed by atoms with Gasteiger partial charge in [-0.1, -0.05) is 0 Å². The van der Waals surface area contributed by atoms with Gasteiger partial charge in [0.05, 0.1) is 11.9 Å². The summed E-state index contributed by atoms with van der Waals surface area (Å²) >= 11 is 0.